The Morgan fingerprint density at radius 1 is 1.43 bits per heavy atom. The lowest BCUT2D eigenvalue weighted by Gasteiger charge is -2.10. The quantitative estimate of drug-likeness (QED) is 0.817. The number of urea groups is 1. The van der Waals surface area contributed by atoms with Crippen LogP contribution in [-0.4, -0.2) is 39.0 Å². The van der Waals surface area contributed by atoms with Gasteiger partial charge >= 0.3 is 6.03 Å². The van der Waals surface area contributed by atoms with E-state index in [0.717, 1.165) is 0 Å². The smallest absolute Gasteiger partial charge is 0.321 e. The molecule has 21 heavy (non-hydrogen) atoms. The van der Waals surface area contributed by atoms with Crippen molar-refractivity contribution in [3.63, 3.8) is 0 Å². The maximum Gasteiger partial charge on any atom is 0.321 e. The number of thioether (sulfide) groups is 1. The summed E-state index contributed by atoms with van der Waals surface area (Å²) in [5, 5.41) is 12.7. The third kappa shape index (κ3) is 3.43. The minimum Gasteiger partial charge on any atom is -0.461 e. The van der Waals surface area contributed by atoms with E-state index in [1.807, 2.05) is 0 Å². The summed E-state index contributed by atoms with van der Waals surface area (Å²) in [6.45, 7) is 1.68. The van der Waals surface area contributed by atoms with Gasteiger partial charge in [0, 0.05) is 14.1 Å². The molecular weight excluding hydrogens is 294 g/mol. The van der Waals surface area contributed by atoms with E-state index in [4.69, 9.17) is 4.42 Å². The Morgan fingerprint density at radius 3 is 2.81 bits per heavy atom. The molecule has 9 heteroatoms. The highest BCUT2D eigenvalue weighted by molar-refractivity contribution is 8.00. The molecule has 0 aromatic carbocycles. The molecule has 0 saturated carbocycles. The predicted octanol–water partition coefficient (Wildman–Crippen LogP) is 1.01. The van der Waals surface area contributed by atoms with E-state index in [1.165, 1.54) is 18.8 Å². The van der Waals surface area contributed by atoms with Crippen LogP contribution in [0.2, 0.25) is 0 Å². The molecule has 3 amide bonds. The fraction of sp³-hybridized carbons (Fsp3) is 0.333. The second-order valence-corrected chi connectivity index (χ2v) is 5.48. The van der Waals surface area contributed by atoms with Crippen molar-refractivity contribution >= 4 is 23.7 Å². The topological polar surface area (TPSA) is 102 Å². The number of amides is 3. The normalized spacial score (nSPS) is 12.0. The summed E-state index contributed by atoms with van der Waals surface area (Å²) >= 11 is 1.20. The average Bonchev–Trinajstić information content (AvgIpc) is 3.09. The van der Waals surface area contributed by atoms with Crippen LogP contribution in [0.4, 0.5) is 4.79 Å². The van der Waals surface area contributed by atoms with Gasteiger partial charge in [-0.2, -0.15) is 0 Å². The minimum atomic E-state index is -0.540. The van der Waals surface area contributed by atoms with Crippen LogP contribution in [0.15, 0.2) is 28.0 Å². The van der Waals surface area contributed by atoms with Crippen LogP contribution in [0, 0.1) is 0 Å². The Kier molecular flexibility index (Phi) is 4.63. The Hall–Kier alpha value is -2.29. The van der Waals surface area contributed by atoms with Crippen molar-refractivity contribution in [1.29, 1.82) is 0 Å². The van der Waals surface area contributed by atoms with Crippen LogP contribution in [0.5, 0.6) is 0 Å². The highest BCUT2D eigenvalue weighted by Crippen LogP contribution is 2.25. The second kappa shape index (κ2) is 6.44. The standard InChI is InChI=1S/C12H15N5O3S/c1-7(10(18)14-11(19)13-2)21-12-16-15-9(17(12)3)8-5-4-6-20-8/h4-7H,1-3H3,(H2,13,14,18,19)/t7-/m0/s1. The van der Waals surface area contributed by atoms with Gasteiger partial charge in [-0.1, -0.05) is 11.8 Å². The molecule has 2 heterocycles. The van der Waals surface area contributed by atoms with Crippen LogP contribution in [0.3, 0.4) is 0 Å². The summed E-state index contributed by atoms with van der Waals surface area (Å²) in [6, 6.07) is 3.00. The van der Waals surface area contributed by atoms with Gasteiger partial charge < -0.3 is 14.3 Å². The molecule has 0 aliphatic carbocycles. The third-order valence-corrected chi connectivity index (χ3v) is 3.83. The molecule has 0 spiro atoms. The molecule has 2 aromatic heterocycles. The van der Waals surface area contributed by atoms with Crippen molar-refractivity contribution in [2.75, 3.05) is 7.05 Å². The van der Waals surface area contributed by atoms with E-state index in [-0.39, 0.29) is 0 Å². The number of rotatable bonds is 4. The van der Waals surface area contributed by atoms with Crippen LogP contribution >= 0.6 is 11.8 Å². The molecule has 0 aliphatic rings. The van der Waals surface area contributed by atoms with Crippen molar-refractivity contribution in [3.8, 4) is 11.6 Å². The molecule has 0 saturated heterocycles. The predicted molar refractivity (Wildman–Crippen MR) is 76.6 cm³/mol. The van der Waals surface area contributed by atoms with Gasteiger partial charge in [-0.05, 0) is 19.1 Å². The first kappa shape index (κ1) is 15.1. The first-order chi connectivity index (χ1) is 10.0. The maximum atomic E-state index is 11.8. The molecule has 0 fully saturated rings. The highest BCUT2D eigenvalue weighted by atomic mass is 32.2. The summed E-state index contributed by atoms with van der Waals surface area (Å²) < 4.78 is 7.00. The number of nitrogens with one attached hydrogen (secondary N) is 2. The van der Waals surface area contributed by atoms with Gasteiger partial charge in [0.2, 0.25) is 5.91 Å². The number of carbonyl (C=O) groups excluding carboxylic acids is 2. The second-order valence-electron chi connectivity index (χ2n) is 4.17. The lowest BCUT2D eigenvalue weighted by atomic mass is 10.4. The number of carbonyl (C=O) groups is 2. The lowest BCUT2D eigenvalue weighted by molar-refractivity contribution is -0.119. The Bertz CT molecular complexity index is 637. The molecule has 0 bridgehead atoms. The zero-order chi connectivity index (χ0) is 15.4. The number of nitrogens with zero attached hydrogens (tertiary/aromatic N) is 3. The SMILES string of the molecule is CNC(=O)NC(=O)[C@H](C)Sc1nnc(-c2ccco2)n1C. The fourth-order valence-electron chi connectivity index (χ4n) is 1.53. The van der Waals surface area contributed by atoms with Crippen LogP contribution in [0.25, 0.3) is 11.6 Å². The summed E-state index contributed by atoms with van der Waals surface area (Å²) in [7, 11) is 3.22. The van der Waals surface area contributed by atoms with Crippen molar-refractivity contribution in [2.24, 2.45) is 7.05 Å². The first-order valence-electron chi connectivity index (χ1n) is 6.15. The van der Waals surface area contributed by atoms with Gasteiger partial charge in [-0.3, -0.25) is 10.1 Å². The number of aromatic nitrogens is 3. The average molecular weight is 309 g/mol. The zero-order valence-electron chi connectivity index (χ0n) is 11.8. The fourth-order valence-corrected chi connectivity index (χ4v) is 2.34. The molecule has 1 atom stereocenters. The van der Waals surface area contributed by atoms with Gasteiger partial charge in [0.1, 0.15) is 0 Å². The highest BCUT2D eigenvalue weighted by Gasteiger charge is 2.21. The lowest BCUT2D eigenvalue weighted by Crippen LogP contribution is -2.41. The zero-order valence-corrected chi connectivity index (χ0v) is 12.6. The Labute approximate surface area is 125 Å². The molecule has 8 nitrogen and oxygen atoms in total. The summed E-state index contributed by atoms with van der Waals surface area (Å²) in [5.41, 5.74) is 0. The van der Waals surface area contributed by atoms with Gasteiger partial charge in [-0.15, -0.1) is 10.2 Å². The van der Waals surface area contributed by atoms with E-state index in [1.54, 1.807) is 36.9 Å². The number of hydrogen-bond donors (Lipinski definition) is 2. The first-order valence-corrected chi connectivity index (χ1v) is 7.03. The van der Waals surface area contributed by atoms with Crippen LogP contribution < -0.4 is 10.6 Å². The van der Waals surface area contributed by atoms with E-state index in [9.17, 15) is 9.59 Å². The largest absolute Gasteiger partial charge is 0.461 e. The molecule has 0 radical (unpaired) electrons. The molecule has 2 rings (SSSR count). The molecule has 112 valence electrons. The van der Waals surface area contributed by atoms with Crippen molar-refractivity contribution in [3.05, 3.63) is 18.4 Å². The van der Waals surface area contributed by atoms with Crippen LogP contribution in [-0.2, 0) is 11.8 Å². The van der Waals surface area contributed by atoms with E-state index >= 15 is 0 Å². The summed E-state index contributed by atoms with van der Waals surface area (Å²) in [6.07, 6.45) is 1.55. The van der Waals surface area contributed by atoms with Gasteiger partial charge in [0.25, 0.3) is 0 Å². The Morgan fingerprint density at radius 2 is 2.19 bits per heavy atom. The molecule has 0 unspecified atom stereocenters. The van der Waals surface area contributed by atoms with Gasteiger partial charge in [0.15, 0.2) is 16.7 Å². The van der Waals surface area contributed by atoms with E-state index in [0.29, 0.717) is 16.7 Å². The van der Waals surface area contributed by atoms with Crippen molar-refractivity contribution in [1.82, 2.24) is 25.4 Å². The molecular formula is C12H15N5O3S. The van der Waals surface area contributed by atoms with Crippen molar-refractivity contribution < 1.29 is 14.0 Å². The maximum absolute atomic E-state index is 11.8. The molecule has 0 aliphatic heterocycles. The summed E-state index contributed by atoms with van der Waals surface area (Å²) in [5.74, 6) is 0.766. The van der Waals surface area contributed by atoms with Crippen LogP contribution in [0.1, 0.15) is 6.92 Å². The molecule has 2 N–H and O–H groups in total. The number of hydrogen-bond acceptors (Lipinski definition) is 6. The number of imide groups is 1. The monoisotopic (exact) mass is 309 g/mol. The van der Waals surface area contributed by atoms with E-state index in [2.05, 4.69) is 20.8 Å². The van der Waals surface area contributed by atoms with Gasteiger partial charge in [-0.25, -0.2) is 4.79 Å². The summed E-state index contributed by atoms with van der Waals surface area (Å²) in [4.78, 5) is 22.9. The minimum absolute atomic E-state index is 0.401. The Balaban J connectivity index is 2.07. The van der Waals surface area contributed by atoms with E-state index < -0.39 is 17.2 Å². The number of furan rings is 1. The van der Waals surface area contributed by atoms with Gasteiger partial charge in [0.05, 0.1) is 11.5 Å². The third-order valence-electron chi connectivity index (χ3n) is 2.69. The van der Waals surface area contributed by atoms with Crippen molar-refractivity contribution in [2.45, 2.75) is 17.3 Å². The molecule has 2 aromatic rings.